The van der Waals surface area contributed by atoms with Crippen molar-refractivity contribution in [3.05, 3.63) is 72.2 Å². The molecule has 0 saturated carbocycles. The van der Waals surface area contributed by atoms with Gasteiger partial charge in [0.2, 0.25) is 5.88 Å². The molecule has 5 rings (SSSR count). The molecule has 2 aromatic carbocycles. The van der Waals surface area contributed by atoms with E-state index in [-0.39, 0.29) is 47.8 Å². The number of aromatic nitrogens is 1. The van der Waals surface area contributed by atoms with Gasteiger partial charge in [-0.25, -0.2) is 9.37 Å². The van der Waals surface area contributed by atoms with Crippen molar-refractivity contribution in [1.29, 1.82) is 0 Å². The van der Waals surface area contributed by atoms with Crippen LogP contribution in [0, 0.1) is 11.7 Å². The SMILES string of the molecule is COc1cc2ccc(Oc3ccc(NC(=O)C4=CN(C5(C(C)C)C=CC(=O)CC5=O)CNC4)c(F)c3)nc2cc1OC. The first kappa shape index (κ1) is 28.7. The minimum Gasteiger partial charge on any atom is -0.493 e. The maximum absolute atomic E-state index is 15.1. The standard InChI is InChI=1S/C31H31FN4O6/c1-18(2)31(10-9-21(37)12-28(31)38)36-16-20(15-33-17-36)30(39)35-24-7-6-22(13-23(24)32)42-29-8-5-19-11-26(40-3)27(41-4)14-25(19)34-29/h5-11,13-14,16,18,33H,12,15,17H2,1-4H3,(H,35,39). The Morgan fingerprint density at radius 1 is 1.10 bits per heavy atom. The number of anilines is 1. The van der Waals surface area contributed by atoms with Crippen LogP contribution in [0.2, 0.25) is 0 Å². The Morgan fingerprint density at radius 3 is 2.55 bits per heavy atom. The molecule has 10 nitrogen and oxygen atoms in total. The second kappa shape index (κ2) is 11.6. The molecule has 2 aliphatic rings. The third-order valence-corrected chi connectivity index (χ3v) is 7.44. The van der Waals surface area contributed by atoms with Gasteiger partial charge in [0, 0.05) is 41.9 Å². The summed E-state index contributed by atoms with van der Waals surface area (Å²) in [6, 6.07) is 11.1. The van der Waals surface area contributed by atoms with E-state index in [0.717, 1.165) is 11.5 Å². The van der Waals surface area contributed by atoms with Gasteiger partial charge >= 0.3 is 0 Å². The second-order valence-electron chi connectivity index (χ2n) is 10.3. The number of nitrogens with one attached hydrogen (secondary N) is 2. The summed E-state index contributed by atoms with van der Waals surface area (Å²) in [4.78, 5) is 44.2. The number of ketones is 2. The van der Waals surface area contributed by atoms with E-state index in [1.165, 1.54) is 25.3 Å². The Labute approximate surface area is 242 Å². The third-order valence-electron chi connectivity index (χ3n) is 7.44. The van der Waals surface area contributed by atoms with Gasteiger partial charge in [-0.05, 0) is 42.3 Å². The number of methoxy groups -OCH3 is 2. The van der Waals surface area contributed by atoms with Crippen LogP contribution < -0.4 is 24.8 Å². The Bertz CT molecular complexity index is 1640. The van der Waals surface area contributed by atoms with Gasteiger partial charge < -0.3 is 24.4 Å². The molecule has 218 valence electrons. The summed E-state index contributed by atoms with van der Waals surface area (Å²) in [5, 5.41) is 6.54. The number of pyridine rings is 1. The number of hydrogen-bond donors (Lipinski definition) is 2. The van der Waals surface area contributed by atoms with Gasteiger partial charge in [-0.15, -0.1) is 0 Å². The van der Waals surface area contributed by atoms with Crippen molar-refractivity contribution < 1.29 is 33.0 Å². The maximum atomic E-state index is 15.1. The van der Waals surface area contributed by atoms with Crippen LogP contribution in [0.3, 0.4) is 0 Å². The van der Waals surface area contributed by atoms with Crippen LogP contribution in [-0.2, 0) is 14.4 Å². The van der Waals surface area contributed by atoms with Crippen molar-refractivity contribution in [2.24, 2.45) is 5.92 Å². The number of Topliss-reactive ketones (excluding diaryl/α,β-unsaturated/α-hetero) is 1. The normalized spacial score (nSPS) is 18.7. The molecule has 11 heteroatoms. The van der Waals surface area contributed by atoms with Crippen LogP contribution >= 0.6 is 0 Å². The van der Waals surface area contributed by atoms with Crippen LogP contribution in [0.1, 0.15) is 20.3 Å². The lowest BCUT2D eigenvalue weighted by atomic mass is 9.75. The van der Waals surface area contributed by atoms with Crippen molar-refractivity contribution in [2.45, 2.75) is 25.8 Å². The van der Waals surface area contributed by atoms with Crippen LogP contribution in [-0.4, -0.2) is 60.3 Å². The maximum Gasteiger partial charge on any atom is 0.254 e. The molecule has 0 fully saturated rings. The Hall–Kier alpha value is -4.77. The van der Waals surface area contributed by atoms with Crippen molar-refractivity contribution in [1.82, 2.24) is 15.2 Å². The van der Waals surface area contributed by atoms with Crippen LogP contribution in [0.5, 0.6) is 23.1 Å². The molecule has 2 N–H and O–H groups in total. The topological polar surface area (TPSA) is 119 Å². The molecule has 0 bridgehead atoms. The zero-order valence-electron chi connectivity index (χ0n) is 23.7. The molecule has 1 aliphatic heterocycles. The number of allylic oxidation sites excluding steroid dienone is 1. The molecule has 0 radical (unpaired) electrons. The molecular weight excluding hydrogens is 543 g/mol. The summed E-state index contributed by atoms with van der Waals surface area (Å²) in [6.07, 6.45) is 4.44. The number of hydrogen-bond acceptors (Lipinski definition) is 9. The minimum absolute atomic E-state index is 0.0357. The summed E-state index contributed by atoms with van der Waals surface area (Å²) in [5.74, 6) is -0.336. The summed E-state index contributed by atoms with van der Waals surface area (Å²) < 4.78 is 31.5. The predicted octanol–water partition coefficient (Wildman–Crippen LogP) is 4.36. The summed E-state index contributed by atoms with van der Waals surface area (Å²) >= 11 is 0. The number of carbonyl (C=O) groups excluding carboxylic acids is 3. The number of ether oxygens (including phenoxy) is 3. The highest BCUT2D eigenvalue weighted by Gasteiger charge is 2.46. The highest BCUT2D eigenvalue weighted by atomic mass is 19.1. The van der Waals surface area contributed by atoms with Gasteiger partial charge in [0.05, 0.1) is 38.5 Å². The number of fused-ring (bicyclic) bond motifs is 1. The van der Waals surface area contributed by atoms with Crippen LogP contribution in [0.15, 0.2) is 66.4 Å². The van der Waals surface area contributed by atoms with E-state index in [2.05, 4.69) is 15.6 Å². The summed E-state index contributed by atoms with van der Waals surface area (Å²) in [7, 11) is 3.08. The molecule has 1 unspecified atom stereocenters. The number of benzene rings is 2. The number of carbonyl (C=O) groups is 3. The van der Waals surface area contributed by atoms with E-state index in [9.17, 15) is 14.4 Å². The number of nitrogens with zero attached hydrogens (tertiary/aromatic N) is 2. The summed E-state index contributed by atoms with van der Waals surface area (Å²) in [6.45, 7) is 4.31. The Morgan fingerprint density at radius 2 is 1.86 bits per heavy atom. The third kappa shape index (κ3) is 5.42. The van der Waals surface area contributed by atoms with Gasteiger partial charge in [-0.1, -0.05) is 13.8 Å². The quantitative estimate of drug-likeness (QED) is 0.378. The van der Waals surface area contributed by atoms with Gasteiger partial charge in [-0.3, -0.25) is 19.7 Å². The first-order chi connectivity index (χ1) is 20.1. The van der Waals surface area contributed by atoms with E-state index in [1.807, 2.05) is 13.8 Å². The Kier molecular flexibility index (Phi) is 7.95. The highest BCUT2D eigenvalue weighted by molar-refractivity contribution is 6.12. The van der Waals surface area contributed by atoms with E-state index < -0.39 is 17.3 Å². The second-order valence-corrected chi connectivity index (χ2v) is 10.3. The Balaban J connectivity index is 1.32. The molecule has 1 aliphatic carbocycles. The van der Waals surface area contributed by atoms with Gasteiger partial charge in [-0.2, -0.15) is 0 Å². The fraction of sp³-hybridized carbons (Fsp3) is 0.290. The highest BCUT2D eigenvalue weighted by Crippen LogP contribution is 2.35. The summed E-state index contributed by atoms with van der Waals surface area (Å²) in [5.41, 5.74) is -0.183. The van der Waals surface area contributed by atoms with Gasteiger partial charge in [0.15, 0.2) is 23.1 Å². The molecule has 0 spiro atoms. The van der Waals surface area contributed by atoms with Crippen molar-refractivity contribution in [2.75, 3.05) is 32.7 Å². The monoisotopic (exact) mass is 574 g/mol. The van der Waals surface area contributed by atoms with Crippen molar-refractivity contribution in [3.63, 3.8) is 0 Å². The predicted molar refractivity (Wildman–Crippen MR) is 154 cm³/mol. The molecule has 3 aromatic rings. The fourth-order valence-corrected chi connectivity index (χ4v) is 5.21. The average molecular weight is 575 g/mol. The lowest BCUT2D eigenvalue weighted by Gasteiger charge is -2.46. The number of rotatable bonds is 8. The number of halogens is 1. The van der Waals surface area contributed by atoms with E-state index in [0.29, 0.717) is 29.3 Å². The van der Waals surface area contributed by atoms with Crippen molar-refractivity contribution in [3.8, 4) is 23.1 Å². The number of amides is 1. The van der Waals surface area contributed by atoms with Gasteiger partial charge in [0.1, 0.15) is 17.1 Å². The fourth-order valence-electron chi connectivity index (χ4n) is 5.21. The molecule has 1 aromatic heterocycles. The van der Waals surface area contributed by atoms with Crippen molar-refractivity contribution >= 4 is 34.1 Å². The first-order valence-corrected chi connectivity index (χ1v) is 13.4. The van der Waals surface area contributed by atoms with Crippen LogP contribution in [0.25, 0.3) is 10.9 Å². The van der Waals surface area contributed by atoms with Gasteiger partial charge in [0.25, 0.3) is 5.91 Å². The molecular formula is C31H31FN4O6. The van der Waals surface area contributed by atoms with Crippen LogP contribution in [0.4, 0.5) is 10.1 Å². The average Bonchev–Trinajstić information content (AvgIpc) is 2.97. The molecule has 1 atom stereocenters. The largest absolute Gasteiger partial charge is 0.493 e. The minimum atomic E-state index is -1.06. The molecule has 42 heavy (non-hydrogen) atoms. The smallest absolute Gasteiger partial charge is 0.254 e. The zero-order valence-corrected chi connectivity index (χ0v) is 23.7. The zero-order chi connectivity index (χ0) is 30.0. The lowest BCUT2D eigenvalue weighted by molar-refractivity contribution is -0.134. The first-order valence-electron chi connectivity index (χ1n) is 13.4. The molecule has 0 saturated heterocycles. The van der Waals surface area contributed by atoms with E-state index in [4.69, 9.17) is 14.2 Å². The van der Waals surface area contributed by atoms with E-state index in [1.54, 1.807) is 48.6 Å². The lowest BCUT2D eigenvalue weighted by Crippen LogP contribution is -2.60. The van der Waals surface area contributed by atoms with E-state index >= 15 is 4.39 Å². The molecule has 2 heterocycles. The molecule has 1 amide bonds.